The van der Waals surface area contributed by atoms with Gasteiger partial charge in [0.1, 0.15) is 12.3 Å². The highest BCUT2D eigenvalue weighted by molar-refractivity contribution is 8.25. The van der Waals surface area contributed by atoms with Crippen molar-refractivity contribution in [2.75, 3.05) is 0 Å². The molecule has 1 unspecified atom stereocenters. The molecule has 0 aromatic heterocycles. The Balaban J connectivity index is 1.81. The first-order valence-electron chi connectivity index (χ1n) is 7.39. The number of rotatable bonds is 5. The van der Waals surface area contributed by atoms with Crippen LogP contribution in [-0.4, -0.2) is 17.4 Å². The number of thiol groups is 1. The van der Waals surface area contributed by atoms with Gasteiger partial charge in [-0.15, -0.1) is 0 Å². The number of carbonyl (C=O) groups is 1. The van der Waals surface area contributed by atoms with Crippen LogP contribution in [0.5, 0.6) is 0 Å². The van der Waals surface area contributed by atoms with Gasteiger partial charge < -0.3 is 4.79 Å². The second-order valence-electron chi connectivity index (χ2n) is 6.08. The average molecular weight is 315 g/mol. The molecular formula is C18H21NO2S. The maximum Gasteiger partial charge on any atom is 0.145 e. The van der Waals surface area contributed by atoms with Gasteiger partial charge in [-0.2, -0.15) is 10.9 Å². The predicted molar refractivity (Wildman–Crippen MR) is 92.1 cm³/mol. The molecular weight excluding hydrogens is 294 g/mol. The topological polar surface area (TPSA) is 29.5 Å². The number of nitrogens with zero attached hydrogens (tertiary/aromatic N) is 1. The SMILES string of the molecule is CC1(C)C=C([SH]2C=CC=C2)N(OCc2ccccc2)C1C=O. The summed E-state index contributed by atoms with van der Waals surface area (Å²) in [5.74, 6) is 0. The van der Waals surface area contributed by atoms with E-state index in [1.54, 1.807) is 0 Å². The molecule has 0 radical (unpaired) electrons. The van der Waals surface area contributed by atoms with Gasteiger partial charge in [-0.1, -0.05) is 56.3 Å². The lowest BCUT2D eigenvalue weighted by atomic mass is 9.88. The van der Waals surface area contributed by atoms with E-state index in [2.05, 4.69) is 42.9 Å². The van der Waals surface area contributed by atoms with Crippen molar-refractivity contribution in [3.8, 4) is 0 Å². The van der Waals surface area contributed by atoms with Gasteiger partial charge >= 0.3 is 0 Å². The van der Waals surface area contributed by atoms with Crippen molar-refractivity contribution in [3.05, 3.63) is 70.0 Å². The number of hydroxylamine groups is 2. The Kier molecular flexibility index (Phi) is 4.23. The van der Waals surface area contributed by atoms with E-state index < -0.39 is 10.9 Å². The summed E-state index contributed by atoms with van der Waals surface area (Å²) in [7, 11) is -0.515. The number of allylic oxidation sites excluding steroid dienone is 2. The zero-order valence-corrected chi connectivity index (χ0v) is 13.7. The van der Waals surface area contributed by atoms with Crippen LogP contribution in [0.1, 0.15) is 19.4 Å². The lowest BCUT2D eigenvalue weighted by Gasteiger charge is -2.32. The first-order chi connectivity index (χ1) is 10.6. The van der Waals surface area contributed by atoms with Gasteiger partial charge in [-0.05, 0) is 22.5 Å². The molecule has 0 N–H and O–H groups in total. The zero-order valence-electron chi connectivity index (χ0n) is 12.8. The molecule has 3 nitrogen and oxygen atoms in total. The number of hydrogen-bond donors (Lipinski definition) is 1. The van der Waals surface area contributed by atoms with Crippen LogP contribution in [0.2, 0.25) is 0 Å². The van der Waals surface area contributed by atoms with E-state index in [9.17, 15) is 4.79 Å². The number of carbonyl (C=O) groups excluding carboxylic acids is 1. The summed E-state index contributed by atoms with van der Waals surface area (Å²) in [6.45, 7) is 4.63. The first-order valence-corrected chi connectivity index (χ1v) is 8.87. The van der Waals surface area contributed by atoms with Crippen molar-refractivity contribution in [1.29, 1.82) is 0 Å². The Bertz CT molecular complexity index is 622. The standard InChI is InChI=1S/C18H21NO2S/c1-18(2)12-17(22-10-6-7-11-22)19(16(18)13-20)21-14-15-8-4-3-5-9-15/h3-13,16,22H,14H2,1-2H3. The summed E-state index contributed by atoms with van der Waals surface area (Å²) >= 11 is 0. The minimum absolute atomic E-state index is 0.222. The maximum atomic E-state index is 11.6. The van der Waals surface area contributed by atoms with Crippen molar-refractivity contribution in [3.63, 3.8) is 0 Å². The third-order valence-corrected chi connectivity index (χ3v) is 5.79. The van der Waals surface area contributed by atoms with E-state index in [0.717, 1.165) is 16.9 Å². The molecule has 3 rings (SSSR count). The van der Waals surface area contributed by atoms with Crippen LogP contribution in [0.3, 0.4) is 0 Å². The second kappa shape index (κ2) is 6.15. The molecule has 2 aliphatic rings. The molecule has 1 aromatic carbocycles. The van der Waals surface area contributed by atoms with Crippen molar-refractivity contribution < 1.29 is 9.63 Å². The molecule has 2 heterocycles. The van der Waals surface area contributed by atoms with Gasteiger partial charge in [0, 0.05) is 5.41 Å². The van der Waals surface area contributed by atoms with Gasteiger partial charge in [0.05, 0.1) is 11.6 Å². The number of hydrogen-bond acceptors (Lipinski definition) is 3. The largest absolute Gasteiger partial charge is 0.301 e. The summed E-state index contributed by atoms with van der Waals surface area (Å²) in [4.78, 5) is 17.7. The molecule has 0 aliphatic carbocycles. The van der Waals surface area contributed by atoms with Crippen molar-refractivity contribution in [2.45, 2.75) is 26.5 Å². The van der Waals surface area contributed by atoms with Crippen LogP contribution < -0.4 is 0 Å². The Labute approximate surface area is 134 Å². The maximum absolute atomic E-state index is 11.6. The highest BCUT2D eigenvalue weighted by Crippen LogP contribution is 2.51. The van der Waals surface area contributed by atoms with Gasteiger partial charge in [0.25, 0.3) is 0 Å². The third kappa shape index (κ3) is 2.89. The molecule has 4 heteroatoms. The third-order valence-electron chi connectivity index (χ3n) is 3.95. The lowest BCUT2D eigenvalue weighted by Crippen LogP contribution is -2.39. The zero-order chi connectivity index (χ0) is 15.6. The summed E-state index contributed by atoms with van der Waals surface area (Å²) in [5, 5.41) is 7.30. The van der Waals surface area contributed by atoms with E-state index >= 15 is 0 Å². The molecule has 0 fully saturated rings. The molecule has 0 saturated heterocycles. The van der Waals surface area contributed by atoms with E-state index in [-0.39, 0.29) is 11.5 Å². The first kappa shape index (κ1) is 15.1. The lowest BCUT2D eigenvalue weighted by molar-refractivity contribution is -0.170. The van der Waals surface area contributed by atoms with Gasteiger partial charge in [-0.25, -0.2) is 5.06 Å². The van der Waals surface area contributed by atoms with Crippen molar-refractivity contribution in [1.82, 2.24) is 5.06 Å². The smallest absolute Gasteiger partial charge is 0.145 e. The molecule has 1 aromatic rings. The van der Waals surface area contributed by atoms with Gasteiger partial charge in [0.2, 0.25) is 0 Å². The highest BCUT2D eigenvalue weighted by Gasteiger charge is 2.42. The van der Waals surface area contributed by atoms with Crippen molar-refractivity contribution >= 4 is 17.2 Å². The van der Waals surface area contributed by atoms with Crippen molar-refractivity contribution in [2.24, 2.45) is 5.41 Å². The molecule has 0 amide bonds. The van der Waals surface area contributed by atoms with E-state index in [4.69, 9.17) is 4.84 Å². The molecule has 0 saturated carbocycles. The van der Waals surface area contributed by atoms with Crippen LogP contribution >= 0.6 is 10.9 Å². The Morgan fingerprint density at radius 3 is 2.55 bits per heavy atom. The summed E-state index contributed by atoms with van der Waals surface area (Å²) in [5.41, 5.74) is 0.877. The van der Waals surface area contributed by atoms with E-state index in [1.807, 2.05) is 35.4 Å². The van der Waals surface area contributed by atoms with E-state index in [1.165, 1.54) is 0 Å². The van der Waals surface area contributed by atoms with Gasteiger partial charge in [-0.3, -0.25) is 4.84 Å². The molecule has 0 bridgehead atoms. The number of benzene rings is 1. The molecule has 1 atom stereocenters. The fourth-order valence-corrected chi connectivity index (χ4v) is 4.56. The monoisotopic (exact) mass is 315 g/mol. The van der Waals surface area contributed by atoms with Crippen LogP contribution in [0.4, 0.5) is 0 Å². The Hall–Kier alpha value is -1.78. The van der Waals surface area contributed by atoms with Crippen LogP contribution in [0, 0.1) is 5.41 Å². The van der Waals surface area contributed by atoms with E-state index in [0.29, 0.717) is 6.61 Å². The predicted octanol–water partition coefficient (Wildman–Crippen LogP) is 3.91. The fourth-order valence-electron chi connectivity index (χ4n) is 2.70. The van der Waals surface area contributed by atoms with Gasteiger partial charge in [0.15, 0.2) is 0 Å². The summed E-state index contributed by atoms with van der Waals surface area (Å²) in [6, 6.07) is 9.75. The average Bonchev–Trinajstić information content (AvgIpc) is 3.11. The Morgan fingerprint density at radius 2 is 1.91 bits per heavy atom. The summed E-state index contributed by atoms with van der Waals surface area (Å²) in [6.07, 6.45) is 7.29. The molecule has 2 aliphatic heterocycles. The minimum atomic E-state index is -0.515. The normalized spacial score (nSPS) is 23.9. The number of aldehydes is 1. The van der Waals surface area contributed by atoms with Crippen LogP contribution in [0.15, 0.2) is 64.4 Å². The minimum Gasteiger partial charge on any atom is -0.301 e. The molecule has 116 valence electrons. The summed E-state index contributed by atoms with van der Waals surface area (Å²) < 4.78 is 0. The van der Waals surface area contributed by atoms with Crippen LogP contribution in [-0.2, 0) is 16.2 Å². The quantitative estimate of drug-likeness (QED) is 0.660. The second-order valence-corrected chi connectivity index (χ2v) is 7.95. The molecule has 22 heavy (non-hydrogen) atoms. The van der Waals surface area contributed by atoms with Crippen LogP contribution in [0.25, 0.3) is 0 Å². The fraction of sp³-hybridized carbons (Fsp3) is 0.278. The Morgan fingerprint density at radius 1 is 1.23 bits per heavy atom. The highest BCUT2D eigenvalue weighted by atomic mass is 32.2. The molecule has 0 spiro atoms.